The maximum Gasteiger partial charge on any atom is 0.227 e. The summed E-state index contributed by atoms with van der Waals surface area (Å²) in [5, 5.41) is 0. The molecular formula is C19H26N2O4S. The molecule has 0 spiro atoms. The van der Waals surface area contributed by atoms with Crippen LogP contribution in [0, 0.1) is 12.8 Å². The summed E-state index contributed by atoms with van der Waals surface area (Å²) >= 11 is 1.47. The van der Waals surface area contributed by atoms with E-state index in [1.165, 1.54) is 11.3 Å². The zero-order valence-electron chi connectivity index (χ0n) is 15.2. The van der Waals surface area contributed by atoms with Crippen LogP contribution in [0.1, 0.15) is 40.2 Å². The molecule has 142 valence electrons. The highest BCUT2D eigenvalue weighted by atomic mass is 32.1. The number of piperidine rings is 1. The van der Waals surface area contributed by atoms with Gasteiger partial charge in [-0.3, -0.25) is 14.4 Å². The number of carbonyl (C=O) groups is 3. The molecule has 2 amide bonds. The quantitative estimate of drug-likeness (QED) is 0.736. The van der Waals surface area contributed by atoms with Crippen molar-refractivity contribution in [2.75, 3.05) is 39.4 Å². The van der Waals surface area contributed by atoms with Gasteiger partial charge in [-0.2, -0.15) is 0 Å². The lowest BCUT2D eigenvalue weighted by molar-refractivity contribution is -0.144. The predicted octanol–water partition coefficient (Wildman–Crippen LogP) is 2.12. The monoisotopic (exact) mass is 378 g/mol. The summed E-state index contributed by atoms with van der Waals surface area (Å²) < 4.78 is 5.30. The van der Waals surface area contributed by atoms with Gasteiger partial charge in [0.1, 0.15) is 0 Å². The first kappa shape index (κ1) is 19.0. The van der Waals surface area contributed by atoms with Crippen LogP contribution in [0.15, 0.2) is 12.1 Å². The van der Waals surface area contributed by atoms with Crippen molar-refractivity contribution in [1.29, 1.82) is 0 Å². The first-order chi connectivity index (χ1) is 12.5. The van der Waals surface area contributed by atoms with Crippen molar-refractivity contribution in [3.05, 3.63) is 21.9 Å². The first-order valence-electron chi connectivity index (χ1n) is 9.28. The fraction of sp³-hybridized carbons (Fsp3) is 0.632. The Kier molecular flexibility index (Phi) is 6.43. The number of carbonyl (C=O) groups excluding carboxylic acids is 3. The first-order valence-corrected chi connectivity index (χ1v) is 10.1. The summed E-state index contributed by atoms with van der Waals surface area (Å²) in [6, 6.07) is 3.75. The molecule has 3 heterocycles. The molecule has 6 nitrogen and oxygen atoms in total. The Morgan fingerprint density at radius 1 is 1.12 bits per heavy atom. The van der Waals surface area contributed by atoms with E-state index in [-0.39, 0.29) is 36.4 Å². The van der Waals surface area contributed by atoms with Gasteiger partial charge in [0.15, 0.2) is 5.78 Å². The van der Waals surface area contributed by atoms with Crippen LogP contribution in [0.2, 0.25) is 0 Å². The Bertz CT molecular complexity index is 666. The van der Waals surface area contributed by atoms with E-state index in [4.69, 9.17) is 4.74 Å². The molecule has 0 aromatic carbocycles. The average Bonchev–Trinajstić information content (AvgIpc) is 3.12. The van der Waals surface area contributed by atoms with Gasteiger partial charge >= 0.3 is 0 Å². The molecule has 1 aromatic heterocycles. The molecule has 1 unspecified atom stereocenters. The van der Waals surface area contributed by atoms with Gasteiger partial charge in [0.2, 0.25) is 11.8 Å². The molecule has 2 saturated heterocycles. The van der Waals surface area contributed by atoms with Gasteiger partial charge in [0, 0.05) is 43.9 Å². The van der Waals surface area contributed by atoms with Crippen LogP contribution in [-0.4, -0.2) is 66.8 Å². The molecule has 2 aliphatic heterocycles. The second-order valence-electron chi connectivity index (χ2n) is 6.95. The van der Waals surface area contributed by atoms with Crippen LogP contribution in [0.3, 0.4) is 0 Å². The minimum absolute atomic E-state index is 0.0221. The largest absolute Gasteiger partial charge is 0.378 e. The lowest BCUT2D eigenvalue weighted by atomic mass is 9.96. The van der Waals surface area contributed by atoms with Crippen LogP contribution in [0.5, 0.6) is 0 Å². The molecule has 26 heavy (non-hydrogen) atoms. The molecule has 2 fully saturated rings. The smallest absolute Gasteiger partial charge is 0.227 e. The Labute approximate surface area is 158 Å². The summed E-state index contributed by atoms with van der Waals surface area (Å²) in [4.78, 5) is 42.8. The van der Waals surface area contributed by atoms with E-state index >= 15 is 0 Å². The summed E-state index contributed by atoms with van der Waals surface area (Å²) in [6.07, 6.45) is 2.11. The van der Waals surface area contributed by atoms with Crippen molar-refractivity contribution in [3.8, 4) is 0 Å². The minimum Gasteiger partial charge on any atom is -0.378 e. The fourth-order valence-corrected chi connectivity index (χ4v) is 4.37. The molecule has 2 aliphatic rings. The summed E-state index contributed by atoms with van der Waals surface area (Å²) in [5.41, 5.74) is 0. The fourth-order valence-electron chi connectivity index (χ4n) is 3.53. The predicted molar refractivity (Wildman–Crippen MR) is 99.3 cm³/mol. The summed E-state index contributed by atoms with van der Waals surface area (Å²) in [5.74, 6) is 0.0119. The number of ether oxygens (including phenoxy) is 1. The van der Waals surface area contributed by atoms with Crippen LogP contribution in [0.25, 0.3) is 0 Å². The van der Waals surface area contributed by atoms with Crippen LogP contribution in [-0.2, 0) is 14.3 Å². The minimum atomic E-state index is -0.124. The Morgan fingerprint density at radius 2 is 1.88 bits per heavy atom. The van der Waals surface area contributed by atoms with Gasteiger partial charge in [-0.05, 0) is 31.9 Å². The highest BCUT2D eigenvalue weighted by Gasteiger charge is 2.31. The van der Waals surface area contributed by atoms with E-state index in [0.29, 0.717) is 44.3 Å². The highest BCUT2D eigenvalue weighted by Crippen LogP contribution is 2.22. The number of rotatable bonds is 5. The van der Waals surface area contributed by atoms with Crippen molar-refractivity contribution in [1.82, 2.24) is 9.80 Å². The van der Waals surface area contributed by atoms with E-state index in [9.17, 15) is 14.4 Å². The molecule has 3 rings (SSSR count). The van der Waals surface area contributed by atoms with Crippen molar-refractivity contribution < 1.29 is 19.1 Å². The number of aryl methyl sites for hydroxylation is 1. The van der Waals surface area contributed by atoms with Gasteiger partial charge in [0.05, 0.1) is 24.0 Å². The molecule has 1 atom stereocenters. The third kappa shape index (κ3) is 4.71. The van der Waals surface area contributed by atoms with Crippen LogP contribution >= 0.6 is 11.3 Å². The van der Waals surface area contributed by atoms with E-state index in [1.54, 1.807) is 4.90 Å². The van der Waals surface area contributed by atoms with Crippen molar-refractivity contribution >= 4 is 28.9 Å². The molecule has 7 heteroatoms. The Morgan fingerprint density at radius 3 is 2.58 bits per heavy atom. The molecule has 0 bridgehead atoms. The van der Waals surface area contributed by atoms with Crippen LogP contribution in [0.4, 0.5) is 0 Å². The van der Waals surface area contributed by atoms with E-state index < -0.39 is 0 Å². The number of amides is 2. The molecule has 0 saturated carbocycles. The highest BCUT2D eigenvalue weighted by molar-refractivity contribution is 7.14. The van der Waals surface area contributed by atoms with Gasteiger partial charge in [-0.25, -0.2) is 0 Å². The second-order valence-corrected chi connectivity index (χ2v) is 8.24. The normalized spacial score (nSPS) is 20.9. The third-order valence-corrected chi connectivity index (χ3v) is 6.07. The standard InChI is InChI=1S/C19H26N2O4S/c1-14-4-6-17(26-14)16(22)5-7-18(23)21-8-2-3-15(13-21)19(24)20-9-11-25-12-10-20/h4,6,15H,2-3,5,7-13H2,1H3. The van der Waals surface area contributed by atoms with Gasteiger partial charge in [-0.15, -0.1) is 11.3 Å². The number of Topliss-reactive ketones (excluding diaryl/α,β-unsaturated/α-hetero) is 1. The van der Waals surface area contributed by atoms with E-state index in [2.05, 4.69) is 0 Å². The SMILES string of the molecule is Cc1ccc(C(=O)CCC(=O)N2CCCC(C(=O)N3CCOCC3)C2)s1. The maximum atomic E-state index is 12.7. The summed E-state index contributed by atoms with van der Waals surface area (Å²) in [7, 11) is 0. The number of nitrogens with zero attached hydrogens (tertiary/aromatic N) is 2. The lowest BCUT2D eigenvalue weighted by Crippen LogP contribution is -2.49. The average molecular weight is 378 g/mol. The van der Waals surface area contributed by atoms with Crippen molar-refractivity contribution in [2.24, 2.45) is 5.92 Å². The molecular weight excluding hydrogens is 352 g/mol. The molecule has 1 aromatic rings. The number of hydrogen-bond acceptors (Lipinski definition) is 5. The lowest BCUT2D eigenvalue weighted by Gasteiger charge is -2.36. The Hall–Kier alpha value is -1.73. The van der Waals surface area contributed by atoms with E-state index in [0.717, 1.165) is 17.7 Å². The third-order valence-electron chi connectivity index (χ3n) is 5.03. The summed E-state index contributed by atoms with van der Waals surface area (Å²) in [6.45, 7) is 5.57. The zero-order chi connectivity index (χ0) is 18.5. The maximum absolute atomic E-state index is 12.7. The second kappa shape index (κ2) is 8.77. The molecule has 0 radical (unpaired) electrons. The van der Waals surface area contributed by atoms with Gasteiger partial charge in [0.25, 0.3) is 0 Å². The number of ketones is 1. The van der Waals surface area contributed by atoms with Crippen molar-refractivity contribution in [2.45, 2.75) is 32.6 Å². The number of morpholine rings is 1. The van der Waals surface area contributed by atoms with E-state index in [1.807, 2.05) is 24.0 Å². The number of thiophene rings is 1. The molecule has 0 N–H and O–H groups in total. The topological polar surface area (TPSA) is 66.9 Å². The van der Waals surface area contributed by atoms with Crippen LogP contribution < -0.4 is 0 Å². The van der Waals surface area contributed by atoms with Gasteiger partial charge in [-0.1, -0.05) is 0 Å². The Balaban J connectivity index is 1.49. The number of hydrogen-bond donors (Lipinski definition) is 0. The number of likely N-dealkylation sites (tertiary alicyclic amines) is 1. The van der Waals surface area contributed by atoms with Crippen molar-refractivity contribution in [3.63, 3.8) is 0 Å². The zero-order valence-corrected chi connectivity index (χ0v) is 16.1. The molecule has 0 aliphatic carbocycles. The van der Waals surface area contributed by atoms with Gasteiger partial charge < -0.3 is 14.5 Å².